The molecule has 0 spiro atoms. The zero-order chi connectivity index (χ0) is 22.6. The van der Waals surface area contributed by atoms with Crippen molar-refractivity contribution in [1.29, 1.82) is 0 Å². The highest BCUT2D eigenvalue weighted by atomic mass is 16.5. The predicted octanol–water partition coefficient (Wildman–Crippen LogP) is 2.55. The highest BCUT2D eigenvalue weighted by Crippen LogP contribution is 2.23. The SMILES string of the molecule is COc1cccc(-c2nnc3ccc(OCCNC(=O)c4cnc5ccccc5n4)nn23)c1. The van der Waals surface area contributed by atoms with Crippen molar-refractivity contribution in [3.63, 3.8) is 0 Å². The summed E-state index contributed by atoms with van der Waals surface area (Å²) in [6.07, 6.45) is 1.46. The van der Waals surface area contributed by atoms with Gasteiger partial charge in [-0.3, -0.25) is 9.78 Å². The summed E-state index contributed by atoms with van der Waals surface area (Å²) >= 11 is 0. The fourth-order valence-electron chi connectivity index (χ4n) is 3.27. The van der Waals surface area contributed by atoms with E-state index in [4.69, 9.17) is 9.47 Å². The molecule has 5 aromatic rings. The molecule has 0 radical (unpaired) electrons. The van der Waals surface area contributed by atoms with Crippen molar-refractivity contribution in [3.8, 4) is 23.0 Å². The first-order valence-electron chi connectivity index (χ1n) is 10.2. The molecule has 1 N–H and O–H groups in total. The van der Waals surface area contributed by atoms with E-state index in [0.29, 0.717) is 28.6 Å². The van der Waals surface area contributed by atoms with Gasteiger partial charge >= 0.3 is 0 Å². The molecule has 164 valence electrons. The number of fused-ring (bicyclic) bond motifs is 2. The molecule has 0 atom stereocenters. The van der Waals surface area contributed by atoms with Crippen LogP contribution in [0.4, 0.5) is 0 Å². The number of para-hydroxylation sites is 2. The largest absolute Gasteiger partial charge is 0.497 e. The molecule has 0 aliphatic rings. The normalized spacial score (nSPS) is 10.9. The molecule has 2 aromatic carbocycles. The Kier molecular flexibility index (Phi) is 5.46. The van der Waals surface area contributed by atoms with Crippen molar-refractivity contribution in [1.82, 2.24) is 35.1 Å². The molecule has 3 aromatic heterocycles. The van der Waals surface area contributed by atoms with E-state index in [1.54, 1.807) is 23.8 Å². The molecule has 0 aliphatic heterocycles. The van der Waals surface area contributed by atoms with E-state index in [1.807, 2.05) is 48.5 Å². The second-order valence-electron chi connectivity index (χ2n) is 7.05. The molecule has 5 rings (SSSR count). The molecule has 0 bridgehead atoms. The van der Waals surface area contributed by atoms with Gasteiger partial charge in [0.1, 0.15) is 18.1 Å². The fourth-order valence-corrected chi connectivity index (χ4v) is 3.27. The number of methoxy groups -OCH3 is 1. The number of hydrogen-bond donors (Lipinski definition) is 1. The number of carbonyl (C=O) groups excluding carboxylic acids is 1. The lowest BCUT2D eigenvalue weighted by Crippen LogP contribution is -2.29. The summed E-state index contributed by atoms with van der Waals surface area (Å²) in [6.45, 7) is 0.500. The Labute approximate surface area is 188 Å². The summed E-state index contributed by atoms with van der Waals surface area (Å²) < 4.78 is 12.6. The van der Waals surface area contributed by atoms with Gasteiger partial charge in [0.15, 0.2) is 11.5 Å². The Balaban J connectivity index is 1.23. The fraction of sp³-hybridized carbons (Fsp3) is 0.130. The summed E-state index contributed by atoms with van der Waals surface area (Å²) in [5.41, 5.74) is 3.06. The summed E-state index contributed by atoms with van der Waals surface area (Å²) in [7, 11) is 1.61. The van der Waals surface area contributed by atoms with Crippen LogP contribution in [0.5, 0.6) is 11.6 Å². The number of hydrogen-bond acceptors (Lipinski definition) is 8. The van der Waals surface area contributed by atoms with Gasteiger partial charge in [-0.25, -0.2) is 4.98 Å². The topological polar surface area (TPSA) is 116 Å². The molecule has 10 nitrogen and oxygen atoms in total. The van der Waals surface area contributed by atoms with Crippen molar-refractivity contribution < 1.29 is 14.3 Å². The number of rotatable bonds is 7. The van der Waals surface area contributed by atoms with E-state index in [2.05, 4.69) is 30.6 Å². The molecule has 0 saturated heterocycles. The maximum Gasteiger partial charge on any atom is 0.271 e. The number of benzene rings is 2. The monoisotopic (exact) mass is 441 g/mol. The van der Waals surface area contributed by atoms with Crippen LogP contribution in [-0.4, -0.2) is 55.9 Å². The second kappa shape index (κ2) is 8.87. The van der Waals surface area contributed by atoms with E-state index < -0.39 is 0 Å². The van der Waals surface area contributed by atoms with E-state index in [9.17, 15) is 4.79 Å². The third-order valence-corrected chi connectivity index (χ3v) is 4.89. The van der Waals surface area contributed by atoms with Crippen LogP contribution in [0.2, 0.25) is 0 Å². The number of carbonyl (C=O) groups is 1. The van der Waals surface area contributed by atoms with Crippen molar-refractivity contribution in [3.05, 3.63) is 72.6 Å². The number of aromatic nitrogens is 6. The van der Waals surface area contributed by atoms with Gasteiger partial charge in [0.05, 0.1) is 30.9 Å². The Morgan fingerprint density at radius 1 is 1.03 bits per heavy atom. The minimum atomic E-state index is -0.320. The predicted molar refractivity (Wildman–Crippen MR) is 120 cm³/mol. The van der Waals surface area contributed by atoms with E-state index >= 15 is 0 Å². The van der Waals surface area contributed by atoms with Gasteiger partial charge in [0, 0.05) is 11.6 Å². The number of nitrogens with zero attached hydrogens (tertiary/aromatic N) is 6. The van der Waals surface area contributed by atoms with Crippen LogP contribution in [0.3, 0.4) is 0 Å². The average molecular weight is 441 g/mol. The van der Waals surface area contributed by atoms with Gasteiger partial charge in [-0.05, 0) is 30.3 Å². The Morgan fingerprint density at radius 3 is 2.79 bits per heavy atom. The van der Waals surface area contributed by atoms with Gasteiger partial charge in [-0.2, -0.15) is 4.52 Å². The third-order valence-electron chi connectivity index (χ3n) is 4.89. The summed E-state index contributed by atoms with van der Waals surface area (Å²) in [5, 5.41) is 15.6. The quantitative estimate of drug-likeness (QED) is 0.383. The number of nitrogens with one attached hydrogen (secondary N) is 1. The molecule has 10 heteroatoms. The van der Waals surface area contributed by atoms with Gasteiger partial charge in [0.2, 0.25) is 5.88 Å². The average Bonchev–Trinajstić information content (AvgIpc) is 3.29. The Hall–Kier alpha value is -4.60. The number of amides is 1. The molecular weight excluding hydrogens is 422 g/mol. The molecule has 0 saturated carbocycles. The lowest BCUT2D eigenvalue weighted by atomic mass is 10.2. The molecular formula is C23H19N7O3. The van der Waals surface area contributed by atoms with Crippen LogP contribution in [0.15, 0.2) is 66.9 Å². The lowest BCUT2D eigenvalue weighted by Gasteiger charge is -2.08. The minimum absolute atomic E-state index is 0.224. The minimum Gasteiger partial charge on any atom is -0.497 e. The van der Waals surface area contributed by atoms with Crippen LogP contribution < -0.4 is 14.8 Å². The summed E-state index contributed by atoms with van der Waals surface area (Å²) in [6, 6.07) is 18.3. The highest BCUT2D eigenvalue weighted by Gasteiger charge is 2.12. The zero-order valence-electron chi connectivity index (χ0n) is 17.7. The molecule has 33 heavy (non-hydrogen) atoms. The van der Waals surface area contributed by atoms with Crippen LogP contribution in [0, 0.1) is 0 Å². The van der Waals surface area contributed by atoms with Crippen molar-refractivity contribution in [2.45, 2.75) is 0 Å². The maximum absolute atomic E-state index is 12.4. The van der Waals surface area contributed by atoms with Crippen LogP contribution in [-0.2, 0) is 0 Å². The van der Waals surface area contributed by atoms with Gasteiger partial charge in [-0.15, -0.1) is 15.3 Å². The summed E-state index contributed by atoms with van der Waals surface area (Å²) in [5.74, 6) is 1.34. The Morgan fingerprint density at radius 2 is 1.91 bits per heavy atom. The van der Waals surface area contributed by atoms with Crippen molar-refractivity contribution in [2.24, 2.45) is 0 Å². The van der Waals surface area contributed by atoms with Crippen LogP contribution in [0.1, 0.15) is 10.5 Å². The molecule has 1 amide bonds. The van der Waals surface area contributed by atoms with E-state index in [1.165, 1.54) is 6.20 Å². The number of ether oxygens (including phenoxy) is 2. The first-order chi connectivity index (χ1) is 16.2. The van der Waals surface area contributed by atoms with Gasteiger partial charge < -0.3 is 14.8 Å². The van der Waals surface area contributed by atoms with Gasteiger partial charge in [0.25, 0.3) is 5.91 Å². The molecule has 0 aliphatic carbocycles. The van der Waals surface area contributed by atoms with Crippen LogP contribution >= 0.6 is 0 Å². The van der Waals surface area contributed by atoms with E-state index in [-0.39, 0.29) is 24.8 Å². The molecule has 0 fully saturated rings. The molecule has 3 heterocycles. The molecule has 0 unspecified atom stereocenters. The summed E-state index contributed by atoms with van der Waals surface area (Å²) in [4.78, 5) is 21.0. The Bertz CT molecular complexity index is 1450. The smallest absolute Gasteiger partial charge is 0.271 e. The van der Waals surface area contributed by atoms with Crippen molar-refractivity contribution >= 4 is 22.6 Å². The maximum atomic E-state index is 12.4. The highest BCUT2D eigenvalue weighted by molar-refractivity contribution is 5.93. The van der Waals surface area contributed by atoms with Crippen LogP contribution in [0.25, 0.3) is 28.1 Å². The third kappa shape index (κ3) is 4.26. The van der Waals surface area contributed by atoms with Gasteiger partial charge in [-0.1, -0.05) is 24.3 Å². The lowest BCUT2D eigenvalue weighted by molar-refractivity contribution is 0.0941. The first kappa shape index (κ1) is 20.3. The first-order valence-corrected chi connectivity index (χ1v) is 10.2. The van der Waals surface area contributed by atoms with E-state index in [0.717, 1.165) is 11.1 Å². The standard InChI is InChI=1S/C23H19N7O3/c1-32-16-6-4-5-15(13-16)22-28-27-20-9-10-21(29-30(20)22)33-12-11-24-23(31)19-14-25-17-7-2-3-8-18(17)26-19/h2-10,13-14H,11-12H2,1H3,(H,24,31). The van der Waals surface area contributed by atoms with Crippen molar-refractivity contribution in [2.75, 3.05) is 20.3 Å². The zero-order valence-corrected chi connectivity index (χ0v) is 17.7. The second-order valence-corrected chi connectivity index (χ2v) is 7.05.